The number of carbonyl (C=O) groups is 1. The van der Waals surface area contributed by atoms with Crippen molar-refractivity contribution in [1.29, 1.82) is 0 Å². The second-order valence-electron chi connectivity index (χ2n) is 2.51. The molecule has 1 heterocycles. The number of thiophene rings is 1. The van der Waals surface area contributed by atoms with E-state index in [2.05, 4.69) is 5.32 Å². The van der Waals surface area contributed by atoms with E-state index < -0.39 is 5.97 Å². The van der Waals surface area contributed by atoms with Gasteiger partial charge in [-0.2, -0.15) is 0 Å². The van der Waals surface area contributed by atoms with E-state index in [-0.39, 0.29) is 6.54 Å². The Labute approximate surface area is 75.0 Å². The molecule has 2 N–H and O–H groups in total. The van der Waals surface area contributed by atoms with Crippen molar-refractivity contribution in [2.75, 3.05) is 6.54 Å². The molecule has 0 spiro atoms. The fourth-order valence-corrected chi connectivity index (χ4v) is 1.73. The van der Waals surface area contributed by atoms with Crippen LogP contribution in [0.5, 0.6) is 0 Å². The first-order valence-electron chi connectivity index (χ1n) is 3.66. The lowest BCUT2D eigenvalue weighted by molar-refractivity contribution is -0.135. The monoisotopic (exact) mass is 185 g/mol. The summed E-state index contributed by atoms with van der Waals surface area (Å²) < 4.78 is 0. The Morgan fingerprint density at radius 3 is 2.92 bits per heavy atom. The molecule has 1 aromatic rings. The van der Waals surface area contributed by atoms with Gasteiger partial charge in [0.15, 0.2) is 0 Å². The standard InChI is InChI=1S/C8H11NO2S/c1-6-2-3-7(12-6)4-9-5-8(10)11/h2-3,9H,4-5H2,1H3,(H,10,11). The second kappa shape index (κ2) is 4.23. The molecular weight excluding hydrogens is 174 g/mol. The fraction of sp³-hybridized carbons (Fsp3) is 0.375. The first kappa shape index (κ1) is 9.22. The average molecular weight is 185 g/mol. The Bertz CT molecular complexity index is 270. The highest BCUT2D eigenvalue weighted by atomic mass is 32.1. The zero-order chi connectivity index (χ0) is 8.97. The zero-order valence-electron chi connectivity index (χ0n) is 6.83. The Morgan fingerprint density at radius 1 is 1.67 bits per heavy atom. The molecule has 66 valence electrons. The third-order valence-corrected chi connectivity index (χ3v) is 2.37. The number of rotatable bonds is 4. The zero-order valence-corrected chi connectivity index (χ0v) is 7.65. The van der Waals surface area contributed by atoms with E-state index in [0.29, 0.717) is 6.54 Å². The summed E-state index contributed by atoms with van der Waals surface area (Å²) in [5.74, 6) is -0.816. The molecule has 4 heteroatoms. The third-order valence-electron chi connectivity index (χ3n) is 1.37. The van der Waals surface area contributed by atoms with Crippen molar-refractivity contribution in [1.82, 2.24) is 5.32 Å². The average Bonchev–Trinajstić information content (AvgIpc) is 2.35. The van der Waals surface area contributed by atoms with E-state index in [4.69, 9.17) is 5.11 Å². The van der Waals surface area contributed by atoms with Crippen LogP contribution in [0.3, 0.4) is 0 Å². The first-order valence-corrected chi connectivity index (χ1v) is 4.48. The Kier molecular flexibility index (Phi) is 3.25. The topological polar surface area (TPSA) is 49.3 Å². The Balaban J connectivity index is 2.29. The van der Waals surface area contributed by atoms with Gasteiger partial charge >= 0.3 is 5.97 Å². The van der Waals surface area contributed by atoms with Gasteiger partial charge in [-0.1, -0.05) is 0 Å². The summed E-state index contributed by atoms with van der Waals surface area (Å²) in [6.07, 6.45) is 0. The molecule has 1 aromatic heterocycles. The number of hydrogen-bond acceptors (Lipinski definition) is 3. The van der Waals surface area contributed by atoms with Crippen molar-refractivity contribution >= 4 is 17.3 Å². The van der Waals surface area contributed by atoms with E-state index in [1.165, 1.54) is 9.75 Å². The van der Waals surface area contributed by atoms with Crippen molar-refractivity contribution < 1.29 is 9.90 Å². The summed E-state index contributed by atoms with van der Waals surface area (Å²) in [4.78, 5) is 12.6. The first-order chi connectivity index (χ1) is 5.68. The van der Waals surface area contributed by atoms with Gasteiger partial charge in [0.25, 0.3) is 0 Å². The smallest absolute Gasteiger partial charge is 0.317 e. The van der Waals surface area contributed by atoms with Crippen LogP contribution in [0.25, 0.3) is 0 Å². The molecule has 12 heavy (non-hydrogen) atoms. The van der Waals surface area contributed by atoms with Gasteiger partial charge in [0, 0.05) is 16.3 Å². The molecule has 0 saturated heterocycles. The highest BCUT2D eigenvalue weighted by molar-refractivity contribution is 7.11. The Morgan fingerprint density at radius 2 is 2.42 bits per heavy atom. The number of carboxylic acids is 1. The summed E-state index contributed by atoms with van der Waals surface area (Å²) in [5.41, 5.74) is 0. The van der Waals surface area contributed by atoms with Crippen molar-refractivity contribution in [3.63, 3.8) is 0 Å². The maximum Gasteiger partial charge on any atom is 0.317 e. The van der Waals surface area contributed by atoms with Crippen LogP contribution >= 0.6 is 11.3 Å². The van der Waals surface area contributed by atoms with Crippen LogP contribution in [-0.4, -0.2) is 17.6 Å². The molecule has 0 amide bonds. The molecule has 0 aliphatic rings. The summed E-state index contributed by atoms with van der Waals surface area (Å²) in [6, 6.07) is 4.04. The summed E-state index contributed by atoms with van der Waals surface area (Å²) in [5, 5.41) is 11.2. The summed E-state index contributed by atoms with van der Waals surface area (Å²) in [6.45, 7) is 2.70. The van der Waals surface area contributed by atoms with Crippen LogP contribution in [0.1, 0.15) is 9.75 Å². The van der Waals surface area contributed by atoms with E-state index in [0.717, 1.165) is 0 Å². The third kappa shape index (κ3) is 3.02. The number of hydrogen-bond donors (Lipinski definition) is 2. The van der Waals surface area contributed by atoms with Crippen molar-refractivity contribution in [2.45, 2.75) is 13.5 Å². The van der Waals surface area contributed by atoms with E-state index in [1.54, 1.807) is 11.3 Å². The van der Waals surface area contributed by atoms with Crippen LogP contribution in [0.2, 0.25) is 0 Å². The number of nitrogens with one attached hydrogen (secondary N) is 1. The van der Waals surface area contributed by atoms with Gasteiger partial charge in [0.05, 0.1) is 6.54 Å². The molecule has 0 unspecified atom stereocenters. The lowest BCUT2D eigenvalue weighted by Crippen LogP contribution is -2.21. The fourth-order valence-electron chi connectivity index (χ4n) is 0.873. The molecule has 0 radical (unpaired) electrons. The molecule has 1 rings (SSSR count). The number of aryl methyl sites for hydroxylation is 1. The maximum atomic E-state index is 10.1. The largest absolute Gasteiger partial charge is 0.480 e. The van der Waals surface area contributed by atoms with Crippen LogP contribution in [0, 0.1) is 6.92 Å². The minimum Gasteiger partial charge on any atom is -0.480 e. The van der Waals surface area contributed by atoms with Gasteiger partial charge in [0.2, 0.25) is 0 Å². The molecule has 3 nitrogen and oxygen atoms in total. The number of carboxylic acid groups (broad SMARTS) is 1. The summed E-state index contributed by atoms with van der Waals surface area (Å²) >= 11 is 1.68. The van der Waals surface area contributed by atoms with Gasteiger partial charge < -0.3 is 10.4 Å². The molecule has 0 fully saturated rings. The van der Waals surface area contributed by atoms with Gasteiger partial charge in [-0.05, 0) is 19.1 Å². The minimum absolute atomic E-state index is 0.0247. The van der Waals surface area contributed by atoms with Crippen molar-refractivity contribution in [3.8, 4) is 0 Å². The molecule has 0 aromatic carbocycles. The van der Waals surface area contributed by atoms with Crippen LogP contribution in [0.15, 0.2) is 12.1 Å². The van der Waals surface area contributed by atoms with Crippen LogP contribution < -0.4 is 5.32 Å². The van der Waals surface area contributed by atoms with Crippen molar-refractivity contribution in [3.05, 3.63) is 21.9 Å². The van der Waals surface area contributed by atoms with Gasteiger partial charge in [0.1, 0.15) is 0 Å². The van der Waals surface area contributed by atoms with E-state index in [9.17, 15) is 4.79 Å². The molecule has 0 aliphatic carbocycles. The predicted molar refractivity (Wildman–Crippen MR) is 48.4 cm³/mol. The predicted octanol–water partition coefficient (Wildman–Crippen LogP) is 1.23. The van der Waals surface area contributed by atoms with Gasteiger partial charge in [-0.3, -0.25) is 4.79 Å². The molecule has 0 saturated carbocycles. The van der Waals surface area contributed by atoms with Crippen LogP contribution in [-0.2, 0) is 11.3 Å². The lowest BCUT2D eigenvalue weighted by Gasteiger charge is -1.96. The SMILES string of the molecule is Cc1ccc(CNCC(=O)O)s1. The van der Waals surface area contributed by atoms with Crippen LogP contribution in [0.4, 0.5) is 0 Å². The molecule has 0 atom stereocenters. The normalized spacial score (nSPS) is 10.1. The molecule has 0 bridgehead atoms. The summed E-state index contributed by atoms with van der Waals surface area (Å²) in [7, 11) is 0. The maximum absolute atomic E-state index is 10.1. The molecular formula is C8H11NO2S. The molecule has 0 aliphatic heterocycles. The minimum atomic E-state index is -0.816. The van der Waals surface area contributed by atoms with Crippen molar-refractivity contribution in [2.24, 2.45) is 0 Å². The second-order valence-corrected chi connectivity index (χ2v) is 3.88. The number of aliphatic carboxylic acids is 1. The van der Waals surface area contributed by atoms with Gasteiger partial charge in [-0.15, -0.1) is 11.3 Å². The Hall–Kier alpha value is -0.870. The lowest BCUT2D eigenvalue weighted by atomic mass is 10.4. The highest BCUT2D eigenvalue weighted by Crippen LogP contribution is 2.14. The van der Waals surface area contributed by atoms with Gasteiger partial charge in [-0.25, -0.2) is 0 Å². The van der Waals surface area contributed by atoms with E-state index >= 15 is 0 Å². The highest BCUT2D eigenvalue weighted by Gasteiger charge is 1.98. The quantitative estimate of drug-likeness (QED) is 0.741. The van der Waals surface area contributed by atoms with E-state index in [1.807, 2.05) is 19.1 Å².